The van der Waals surface area contributed by atoms with E-state index >= 15 is 0 Å². The quantitative estimate of drug-likeness (QED) is 0.0950. The maximum atomic E-state index is 11.5. The van der Waals surface area contributed by atoms with Gasteiger partial charge in [-0.15, -0.1) is 0 Å². The van der Waals surface area contributed by atoms with E-state index in [1.165, 1.54) is 63.2 Å². The van der Waals surface area contributed by atoms with Crippen molar-refractivity contribution in [1.29, 1.82) is 0 Å². The summed E-state index contributed by atoms with van der Waals surface area (Å²) in [7, 11) is -1.36. The topological polar surface area (TPSA) is 74.6 Å². The number of hydrogen-bond acceptors (Lipinski definition) is 4. The molecule has 7 heteroatoms. The molecule has 2 rings (SSSR count). The van der Waals surface area contributed by atoms with E-state index in [1.54, 1.807) is 47.8 Å². The molecular formula is C30H45O4PS2. The molecule has 0 aliphatic heterocycles. The first-order chi connectivity index (χ1) is 17.9. The van der Waals surface area contributed by atoms with Gasteiger partial charge in [0.15, 0.2) is 0 Å². The van der Waals surface area contributed by atoms with E-state index in [1.807, 2.05) is 24.3 Å². The molecule has 206 valence electrons. The minimum absolute atomic E-state index is 0.408. The number of rotatable bonds is 20. The van der Waals surface area contributed by atoms with Crippen molar-refractivity contribution in [2.24, 2.45) is 0 Å². The molecule has 0 fully saturated rings. The summed E-state index contributed by atoms with van der Waals surface area (Å²) in [6.07, 6.45) is 15.5. The molecule has 0 heterocycles. The summed E-state index contributed by atoms with van der Waals surface area (Å²) >= 11 is 3.35. The summed E-state index contributed by atoms with van der Waals surface area (Å²) in [6, 6.07) is 14.6. The average molecular weight is 565 g/mol. The third kappa shape index (κ3) is 11.4. The van der Waals surface area contributed by atoms with Gasteiger partial charge in [-0.3, -0.25) is 0 Å². The van der Waals surface area contributed by atoms with E-state index in [-0.39, 0.29) is 0 Å². The number of carbonyl (C=O) groups is 2. The summed E-state index contributed by atoms with van der Waals surface area (Å²) < 4.78 is 0. The zero-order valence-electron chi connectivity index (χ0n) is 22.5. The van der Waals surface area contributed by atoms with Crippen LogP contribution in [0.2, 0.25) is 0 Å². The Balaban J connectivity index is 1.88. The van der Waals surface area contributed by atoms with Crippen LogP contribution in [0.15, 0.2) is 58.3 Å². The van der Waals surface area contributed by atoms with Crippen LogP contribution >= 0.6 is 30.8 Å². The van der Waals surface area contributed by atoms with Crippen molar-refractivity contribution in [1.82, 2.24) is 0 Å². The van der Waals surface area contributed by atoms with E-state index in [2.05, 4.69) is 13.8 Å². The van der Waals surface area contributed by atoms with E-state index in [0.717, 1.165) is 34.1 Å². The van der Waals surface area contributed by atoms with Crippen LogP contribution < -0.4 is 0 Å². The fraction of sp³-hybridized carbons (Fsp3) is 0.533. The number of carboxylic acid groups (broad SMARTS) is 2. The molecule has 0 aromatic heterocycles. The normalized spacial score (nSPS) is 11.9. The molecule has 0 bridgehead atoms. The third-order valence-corrected chi connectivity index (χ3v) is 15.1. The Morgan fingerprint density at radius 3 is 1.38 bits per heavy atom. The van der Waals surface area contributed by atoms with Gasteiger partial charge in [-0.2, -0.15) is 0 Å². The predicted molar refractivity (Wildman–Crippen MR) is 164 cm³/mol. The number of benzene rings is 2. The Morgan fingerprint density at radius 2 is 1.00 bits per heavy atom. The van der Waals surface area contributed by atoms with Gasteiger partial charge < -0.3 is 0 Å². The first-order valence-electron chi connectivity index (χ1n) is 13.8. The summed E-state index contributed by atoms with van der Waals surface area (Å²) in [5.41, 5.74) is 0.817. The summed E-state index contributed by atoms with van der Waals surface area (Å²) in [5.74, 6) is 0.239. The SMILES string of the molecule is CCCC[PH](CCCC)(CCCCSc1ccccc1C(=O)O)CCCCSc1ccccc1C(=O)O. The number of thioether (sulfide) groups is 2. The Bertz CT molecular complexity index is 889. The first-order valence-corrected chi connectivity index (χ1v) is 18.6. The van der Waals surface area contributed by atoms with Crippen molar-refractivity contribution < 1.29 is 19.8 Å². The molecule has 2 N–H and O–H groups in total. The Labute approximate surface area is 232 Å². The van der Waals surface area contributed by atoms with Crippen molar-refractivity contribution in [2.45, 2.75) is 75.0 Å². The Hall–Kier alpha value is -1.49. The number of hydrogen-bond donors (Lipinski definition) is 2. The molecule has 4 nitrogen and oxygen atoms in total. The van der Waals surface area contributed by atoms with Crippen LogP contribution in [0.4, 0.5) is 0 Å². The molecule has 2 aromatic carbocycles. The number of carboxylic acids is 2. The van der Waals surface area contributed by atoms with Gasteiger partial charge in [0.25, 0.3) is 0 Å². The van der Waals surface area contributed by atoms with Crippen molar-refractivity contribution in [3.63, 3.8) is 0 Å². The Kier molecular flexibility index (Phi) is 15.4. The predicted octanol–water partition coefficient (Wildman–Crippen LogP) is 8.88. The fourth-order valence-corrected chi connectivity index (χ4v) is 12.8. The molecule has 0 amide bonds. The second-order valence-corrected chi connectivity index (χ2v) is 17.2. The van der Waals surface area contributed by atoms with Gasteiger partial charge in [0, 0.05) is 0 Å². The molecule has 37 heavy (non-hydrogen) atoms. The third-order valence-electron chi connectivity index (χ3n) is 7.07. The number of unbranched alkanes of at least 4 members (excludes halogenated alkanes) is 4. The summed E-state index contributed by atoms with van der Waals surface area (Å²) in [5, 5.41) is 18.9. The Morgan fingerprint density at radius 1 is 0.622 bits per heavy atom. The van der Waals surface area contributed by atoms with Crippen LogP contribution in [-0.4, -0.2) is 58.3 Å². The van der Waals surface area contributed by atoms with Crippen molar-refractivity contribution in [2.75, 3.05) is 36.2 Å². The van der Waals surface area contributed by atoms with Gasteiger partial charge in [-0.25, -0.2) is 0 Å². The fourth-order valence-electron chi connectivity index (χ4n) is 4.96. The van der Waals surface area contributed by atoms with Gasteiger partial charge in [-0.05, 0) is 0 Å². The molecule has 0 unspecified atom stereocenters. The average Bonchev–Trinajstić information content (AvgIpc) is 2.90. The van der Waals surface area contributed by atoms with Crippen LogP contribution in [0, 0.1) is 0 Å². The van der Waals surface area contributed by atoms with Gasteiger partial charge >= 0.3 is 233 Å². The molecular weight excluding hydrogens is 519 g/mol. The van der Waals surface area contributed by atoms with Gasteiger partial charge in [0.2, 0.25) is 0 Å². The zero-order chi connectivity index (χ0) is 26.9. The van der Waals surface area contributed by atoms with E-state index < -0.39 is 19.2 Å². The van der Waals surface area contributed by atoms with Crippen molar-refractivity contribution in [3.8, 4) is 0 Å². The van der Waals surface area contributed by atoms with Gasteiger partial charge in [-0.1, -0.05) is 0 Å². The maximum absolute atomic E-state index is 11.5. The molecule has 0 saturated heterocycles. The molecule has 0 spiro atoms. The van der Waals surface area contributed by atoms with Gasteiger partial charge in [0.05, 0.1) is 0 Å². The monoisotopic (exact) mass is 564 g/mol. The van der Waals surface area contributed by atoms with Crippen LogP contribution in [0.1, 0.15) is 85.9 Å². The molecule has 2 aromatic rings. The van der Waals surface area contributed by atoms with Crippen molar-refractivity contribution in [3.05, 3.63) is 59.7 Å². The summed E-state index contributed by atoms with van der Waals surface area (Å²) in [4.78, 5) is 24.7. The first kappa shape index (κ1) is 31.7. The van der Waals surface area contributed by atoms with Crippen LogP contribution in [-0.2, 0) is 0 Å². The standard InChI is InChI=1S/C30H45O4PS2/c1-3-5-19-35(20-6-4-2,21-11-13-23-36-27-17-9-7-15-25(27)29(31)32)22-12-14-24-37-28-18-10-8-16-26(28)30(33)34/h7-10,15-18,35H,3-6,11-14,19-24H2,1-2H3,(H,31,32)(H,33,34). The molecule has 0 aliphatic carbocycles. The van der Waals surface area contributed by atoms with E-state index in [9.17, 15) is 19.8 Å². The van der Waals surface area contributed by atoms with Crippen molar-refractivity contribution >= 4 is 42.7 Å². The van der Waals surface area contributed by atoms with Crippen LogP contribution in [0.5, 0.6) is 0 Å². The second-order valence-electron chi connectivity index (χ2n) is 9.92. The minimum atomic E-state index is -1.36. The number of aromatic carboxylic acids is 2. The van der Waals surface area contributed by atoms with Crippen LogP contribution in [0.25, 0.3) is 0 Å². The zero-order valence-corrected chi connectivity index (χ0v) is 25.2. The molecule has 0 atom stereocenters. The van der Waals surface area contributed by atoms with E-state index in [4.69, 9.17) is 0 Å². The van der Waals surface area contributed by atoms with E-state index in [0.29, 0.717) is 11.1 Å². The molecule has 0 aliphatic rings. The van der Waals surface area contributed by atoms with Gasteiger partial charge in [0.1, 0.15) is 0 Å². The molecule has 0 saturated carbocycles. The second kappa shape index (κ2) is 17.9. The van der Waals surface area contributed by atoms with Crippen LogP contribution in [0.3, 0.4) is 0 Å². The summed E-state index contributed by atoms with van der Waals surface area (Å²) in [6.45, 7) is 4.60. The molecule has 0 radical (unpaired) electrons.